The first-order valence-corrected chi connectivity index (χ1v) is 13.8. The standard InChI is InChI=1S/C28H29BrIN3O5/c1-2-37-25(9-5-6-10-26(35)33-23-8-4-3-7-22(23)31)27(21-17-19(30)13-16-24(21)34)38-28(36)32-20-14-11-18(29)12-15-20/h3-4,6-8,10-17,25,27,34H,2,5,9,31H2,1H3,(H,32,36)(H,33,35)/b10-6+/t25-,27-/m1/s1. The number of anilines is 3. The molecule has 0 aliphatic rings. The fourth-order valence-corrected chi connectivity index (χ4v) is 4.44. The molecule has 2 amide bonds. The van der Waals surface area contributed by atoms with Crippen LogP contribution in [0.5, 0.6) is 5.75 Å². The number of ether oxygens (including phenoxy) is 2. The molecule has 0 saturated carbocycles. The fraction of sp³-hybridized carbons (Fsp3) is 0.214. The largest absolute Gasteiger partial charge is 0.508 e. The number of hydrogen-bond acceptors (Lipinski definition) is 6. The van der Waals surface area contributed by atoms with Gasteiger partial charge in [0.05, 0.1) is 17.5 Å². The number of para-hydroxylation sites is 2. The van der Waals surface area contributed by atoms with Crippen LogP contribution in [-0.2, 0) is 14.3 Å². The quantitative estimate of drug-likeness (QED) is 0.0974. The molecule has 0 saturated heterocycles. The second kappa shape index (κ2) is 14.7. The van der Waals surface area contributed by atoms with Crippen molar-refractivity contribution in [2.24, 2.45) is 0 Å². The summed E-state index contributed by atoms with van der Waals surface area (Å²) in [6, 6.07) is 19.2. The summed E-state index contributed by atoms with van der Waals surface area (Å²) < 4.78 is 13.5. The number of phenolic OH excluding ortho intramolecular Hbond substituents is 1. The normalized spacial score (nSPS) is 12.6. The summed E-state index contributed by atoms with van der Waals surface area (Å²) in [6.45, 7) is 2.20. The molecule has 3 rings (SSSR count). The highest BCUT2D eigenvalue weighted by molar-refractivity contribution is 14.1. The predicted octanol–water partition coefficient (Wildman–Crippen LogP) is 7.01. The Morgan fingerprint density at radius 3 is 2.55 bits per heavy atom. The van der Waals surface area contributed by atoms with Gasteiger partial charge >= 0.3 is 6.09 Å². The van der Waals surface area contributed by atoms with Gasteiger partial charge in [-0.15, -0.1) is 0 Å². The van der Waals surface area contributed by atoms with Gasteiger partial charge in [0.1, 0.15) is 5.75 Å². The second-order valence-electron chi connectivity index (χ2n) is 8.21. The van der Waals surface area contributed by atoms with E-state index in [0.717, 1.165) is 8.04 Å². The minimum absolute atomic E-state index is 0.00747. The number of aromatic hydroxyl groups is 1. The number of nitrogens with one attached hydrogen (secondary N) is 2. The molecular weight excluding hydrogens is 665 g/mol. The SMILES string of the molecule is CCO[C@H](CC/C=C/C(=O)Nc1ccccc1N)[C@H](OC(=O)Nc1ccc(Br)cc1)c1cc(I)ccc1O. The molecule has 0 heterocycles. The number of benzene rings is 3. The van der Waals surface area contributed by atoms with Crippen molar-refractivity contribution in [3.63, 3.8) is 0 Å². The molecule has 0 aromatic heterocycles. The van der Waals surface area contributed by atoms with Crippen molar-refractivity contribution in [3.8, 4) is 5.75 Å². The molecule has 0 fully saturated rings. The number of hydrogen-bond donors (Lipinski definition) is 4. The van der Waals surface area contributed by atoms with Crippen molar-refractivity contribution in [2.75, 3.05) is 23.0 Å². The lowest BCUT2D eigenvalue weighted by Crippen LogP contribution is -2.29. The lowest BCUT2D eigenvalue weighted by molar-refractivity contribution is -0.111. The Hall–Kier alpha value is -3.09. The number of carbonyl (C=O) groups is 2. The number of allylic oxidation sites excluding steroid dienone is 1. The van der Waals surface area contributed by atoms with Gasteiger partial charge in [-0.05, 0) is 103 Å². The first-order valence-electron chi connectivity index (χ1n) is 11.9. The monoisotopic (exact) mass is 693 g/mol. The van der Waals surface area contributed by atoms with E-state index in [9.17, 15) is 14.7 Å². The Balaban J connectivity index is 1.73. The summed E-state index contributed by atoms with van der Waals surface area (Å²) in [5, 5.41) is 16.1. The average Bonchev–Trinajstić information content (AvgIpc) is 2.89. The zero-order valence-corrected chi connectivity index (χ0v) is 24.4. The van der Waals surface area contributed by atoms with Crippen LogP contribution in [-0.4, -0.2) is 29.8 Å². The third-order valence-corrected chi connectivity index (χ3v) is 6.64. The summed E-state index contributed by atoms with van der Waals surface area (Å²) in [5.74, 6) is -0.320. The molecule has 0 bridgehead atoms. The van der Waals surface area contributed by atoms with E-state index < -0.39 is 18.3 Å². The highest BCUT2D eigenvalue weighted by atomic mass is 127. The van der Waals surface area contributed by atoms with Crippen LogP contribution in [0.4, 0.5) is 21.9 Å². The van der Waals surface area contributed by atoms with Gasteiger partial charge in [-0.3, -0.25) is 10.1 Å². The molecule has 0 radical (unpaired) electrons. The van der Waals surface area contributed by atoms with Crippen molar-refractivity contribution in [3.05, 3.63) is 92.5 Å². The van der Waals surface area contributed by atoms with Gasteiger partial charge in [0.15, 0.2) is 6.10 Å². The fourth-order valence-electron chi connectivity index (χ4n) is 3.66. The predicted molar refractivity (Wildman–Crippen MR) is 161 cm³/mol. The molecule has 3 aromatic rings. The first-order chi connectivity index (χ1) is 18.3. The zero-order chi connectivity index (χ0) is 27.5. The molecule has 3 aromatic carbocycles. The molecule has 2 atom stereocenters. The van der Waals surface area contributed by atoms with Gasteiger partial charge in [-0.1, -0.05) is 34.1 Å². The summed E-state index contributed by atoms with van der Waals surface area (Å²) >= 11 is 5.50. The number of carbonyl (C=O) groups excluding carboxylic acids is 2. The van der Waals surface area contributed by atoms with E-state index in [1.807, 2.05) is 6.92 Å². The number of rotatable bonds is 11. The van der Waals surface area contributed by atoms with Crippen LogP contribution in [0.1, 0.15) is 31.4 Å². The Morgan fingerprint density at radius 1 is 1.11 bits per heavy atom. The van der Waals surface area contributed by atoms with Crippen molar-refractivity contribution < 1.29 is 24.2 Å². The molecule has 0 unspecified atom stereocenters. The van der Waals surface area contributed by atoms with Gasteiger partial charge < -0.3 is 25.6 Å². The molecule has 8 nitrogen and oxygen atoms in total. The van der Waals surface area contributed by atoms with Gasteiger partial charge in [0.2, 0.25) is 5.91 Å². The molecule has 5 N–H and O–H groups in total. The molecule has 200 valence electrons. The molecule has 38 heavy (non-hydrogen) atoms. The van der Waals surface area contributed by atoms with Crippen LogP contribution in [0.25, 0.3) is 0 Å². The number of nitrogens with two attached hydrogens (primary N) is 1. The van der Waals surface area contributed by atoms with Crippen LogP contribution >= 0.6 is 38.5 Å². The van der Waals surface area contributed by atoms with Crippen molar-refractivity contribution in [1.82, 2.24) is 0 Å². The van der Waals surface area contributed by atoms with Gasteiger partial charge in [-0.25, -0.2) is 4.79 Å². The molecule has 0 aliphatic carbocycles. The highest BCUT2D eigenvalue weighted by Crippen LogP contribution is 2.34. The topological polar surface area (TPSA) is 123 Å². The van der Waals surface area contributed by atoms with Gasteiger partial charge in [0, 0.05) is 25.9 Å². The summed E-state index contributed by atoms with van der Waals surface area (Å²) in [4.78, 5) is 25.2. The van der Waals surface area contributed by atoms with E-state index in [0.29, 0.717) is 42.1 Å². The van der Waals surface area contributed by atoms with Crippen molar-refractivity contribution >= 4 is 67.6 Å². The molecule has 0 spiro atoms. The first kappa shape index (κ1) is 29.5. The highest BCUT2D eigenvalue weighted by Gasteiger charge is 2.30. The van der Waals surface area contributed by atoms with E-state index in [-0.39, 0.29) is 11.7 Å². The van der Waals surface area contributed by atoms with E-state index in [1.54, 1.807) is 72.8 Å². The van der Waals surface area contributed by atoms with E-state index in [1.165, 1.54) is 6.08 Å². The number of nitrogen functional groups attached to an aromatic ring is 1. The van der Waals surface area contributed by atoms with Crippen LogP contribution < -0.4 is 16.4 Å². The lowest BCUT2D eigenvalue weighted by atomic mass is 9.99. The number of amides is 2. The van der Waals surface area contributed by atoms with Crippen LogP contribution in [0.15, 0.2) is 83.4 Å². The maximum Gasteiger partial charge on any atom is 0.412 e. The minimum atomic E-state index is -0.897. The smallest absolute Gasteiger partial charge is 0.412 e. The third kappa shape index (κ3) is 9.03. The van der Waals surface area contributed by atoms with E-state index >= 15 is 0 Å². The minimum Gasteiger partial charge on any atom is -0.508 e. The molecule has 10 heteroatoms. The van der Waals surface area contributed by atoms with Crippen molar-refractivity contribution in [2.45, 2.75) is 32.0 Å². The summed E-state index contributed by atoms with van der Waals surface area (Å²) in [6.07, 6.45) is 1.86. The maximum absolute atomic E-state index is 12.8. The van der Waals surface area contributed by atoms with Crippen molar-refractivity contribution in [1.29, 1.82) is 0 Å². The Bertz CT molecular complexity index is 1270. The Kier molecular flexibility index (Phi) is 11.4. The van der Waals surface area contributed by atoms with E-state index in [4.69, 9.17) is 15.2 Å². The third-order valence-electron chi connectivity index (χ3n) is 5.44. The Morgan fingerprint density at radius 2 is 1.84 bits per heavy atom. The molecule has 0 aliphatic heterocycles. The summed E-state index contributed by atoms with van der Waals surface area (Å²) in [5.41, 5.74) is 7.88. The van der Waals surface area contributed by atoms with Crippen LogP contribution in [0.2, 0.25) is 0 Å². The zero-order valence-electron chi connectivity index (χ0n) is 20.7. The maximum atomic E-state index is 12.8. The number of phenols is 1. The van der Waals surface area contributed by atoms with Gasteiger partial charge in [0.25, 0.3) is 0 Å². The van der Waals surface area contributed by atoms with Gasteiger partial charge in [-0.2, -0.15) is 0 Å². The second-order valence-corrected chi connectivity index (χ2v) is 10.4. The molecular formula is C28H29BrIN3O5. The average molecular weight is 694 g/mol. The number of halogens is 2. The summed E-state index contributed by atoms with van der Waals surface area (Å²) in [7, 11) is 0. The van der Waals surface area contributed by atoms with Crippen LogP contribution in [0, 0.1) is 3.57 Å². The van der Waals surface area contributed by atoms with Crippen LogP contribution in [0.3, 0.4) is 0 Å². The lowest BCUT2D eigenvalue weighted by Gasteiger charge is -2.28. The Labute approximate surface area is 243 Å². The van der Waals surface area contributed by atoms with E-state index in [2.05, 4.69) is 49.2 Å².